The van der Waals surface area contributed by atoms with Crippen LogP contribution in [0.2, 0.25) is 0 Å². The minimum Gasteiger partial charge on any atom is -0.508 e. The van der Waals surface area contributed by atoms with Gasteiger partial charge in [0.1, 0.15) is 5.75 Å². The standard InChI is InChI=1S/C14H20O4S/c1-18-13-6-2-11(3-7-13)10-19(16,17)14-8-4-12(15)5-9-14/h4-5,8-9,11,13,15H,2-3,6-7,10H2,1H3. The molecule has 1 saturated carbocycles. The zero-order valence-corrected chi connectivity index (χ0v) is 11.9. The van der Waals surface area contributed by atoms with Crippen molar-refractivity contribution in [1.82, 2.24) is 0 Å². The van der Waals surface area contributed by atoms with Gasteiger partial charge in [0.15, 0.2) is 9.84 Å². The van der Waals surface area contributed by atoms with Crippen molar-refractivity contribution in [2.75, 3.05) is 12.9 Å². The van der Waals surface area contributed by atoms with Gasteiger partial charge in [-0.25, -0.2) is 8.42 Å². The molecule has 0 heterocycles. The molecule has 0 unspecified atom stereocenters. The van der Waals surface area contributed by atoms with Crippen LogP contribution in [-0.4, -0.2) is 32.5 Å². The van der Waals surface area contributed by atoms with Crippen LogP contribution in [0.15, 0.2) is 29.2 Å². The van der Waals surface area contributed by atoms with Crippen molar-refractivity contribution in [3.63, 3.8) is 0 Å². The van der Waals surface area contributed by atoms with Gasteiger partial charge in [-0.05, 0) is 55.9 Å². The van der Waals surface area contributed by atoms with Crippen LogP contribution >= 0.6 is 0 Å². The van der Waals surface area contributed by atoms with Gasteiger partial charge in [0.25, 0.3) is 0 Å². The van der Waals surface area contributed by atoms with Crippen LogP contribution in [0.25, 0.3) is 0 Å². The Morgan fingerprint density at radius 2 is 1.74 bits per heavy atom. The fraction of sp³-hybridized carbons (Fsp3) is 0.571. The van der Waals surface area contributed by atoms with Gasteiger partial charge in [0.2, 0.25) is 0 Å². The quantitative estimate of drug-likeness (QED) is 0.922. The number of benzene rings is 1. The molecule has 0 amide bonds. The van der Waals surface area contributed by atoms with Gasteiger partial charge in [-0.3, -0.25) is 0 Å². The third-order valence-corrected chi connectivity index (χ3v) is 5.68. The molecular formula is C14H20O4S. The first-order chi connectivity index (χ1) is 9.01. The minimum absolute atomic E-state index is 0.0829. The first-order valence-electron chi connectivity index (χ1n) is 6.56. The molecule has 106 valence electrons. The Balaban J connectivity index is 2.00. The average molecular weight is 284 g/mol. The number of rotatable bonds is 4. The second-order valence-electron chi connectivity index (χ2n) is 5.15. The highest BCUT2D eigenvalue weighted by Crippen LogP contribution is 2.29. The summed E-state index contributed by atoms with van der Waals surface area (Å²) >= 11 is 0. The predicted molar refractivity (Wildman–Crippen MR) is 72.9 cm³/mol. The summed E-state index contributed by atoms with van der Waals surface area (Å²) in [5.41, 5.74) is 0. The Hall–Kier alpha value is -1.07. The SMILES string of the molecule is COC1CCC(CS(=O)(=O)c2ccc(O)cc2)CC1. The van der Waals surface area contributed by atoms with Crippen molar-refractivity contribution in [3.05, 3.63) is 24.3 Å². The van der Waals surface area contributed by atoms with E-state index in [0.717, 1.165) is 25.7 Å². The monoisotopic (exact) mass is 284 g/mol. The maximum Gasteiger partial charge on any atom is 0.178 e. The van der Waals surface area contributed by atoms with Crippen molar-refractivity contribution >= 4 is 9.84 Å². The Kier molecular flexibility index (Phi) is 4.47. The van der Waals surface area contributed by atoms with Gasteiger partial charge in [-0.1, -0.05) is 0 Å². The first kappa shape index (κ1) is 14.3. The van der Waals surface area contributed by atoms with Crippen LogP contribution in [0.3, 0.4) is 0 Å². The number of hydrogen-bond donors (Lipinski definition) is 1. The summed E-state index contributed by atoms with van der Waals surface area (Å²) < 4.78 is 29.8. The summed E-state index contributed by atoms with van der Waals surface area (Å²) in [6.45, 7) is 0. The molecule has 2 rings (SSSR count). The third kappa shape index (κ3) is 3.70. The topological polar surface area (TPSA) is 63.6 Å². The van der Waals surface area contributed by atoms with E-state index in [0.29, 0.717) is 4.90 Å². The van der Waals surface area contributed by atoms with Gasteiger partial charge in [0, 0.05) is 7.11 Å². The maximum atomic E-state index is 12.2. The summed E-state index contributed by atoms with van der Waals surface area (Å²) in [6.07, 6.45) is 3.96. The number of methoxy groups -OCH3 is 1. The molecule has 0 spiro atoms. The van der Waals surface area contributed by atoms with Gasteiger partial charge < -0.3 is 9.84 Å². The van der Waals surface area contributed by atoms with Crippen molar-refractivity contribution in [1.29, 1.82) is 0 Å². The molecule has 0 aromatic heterocycles. The van der Waals surface area contributed by atoms with E-state index >= 15 is 0 Å². The number of aromatic hydroxyl groups is 1. The summed E-state index contributed by atoms with van der Waals surface area (Å²) in [6, 6.07) is 5.75. The predicted octanol–water partition coefficient (Wildman–Crippen LogP) is 2.37. The van der Waals surface area contributed by atoms with Gasteiger partial charge in [-0.15, -0.1) is 0 Å². The number of ether oxygens (including phenoxy) is 1. The van der Waals surface area contributed by atoms with Crippen LogP contribution in [0.1, 0.15) is 25.7 Å². The molecule has 1 aromatic rings. The zero-order valence-electron chi connectivity index (χ0n) is 11.1. The van der Waals surface area contributed by atoms with E-state index in [9.17, 15) is 13.5 Å². The van der Waals surface area contributed by atoms with Crippen LogP contribution in [0.4, 0.5) is 0 Å². The largest absolute Gasteiger partial charge is 0.508 e. The van der Waals surface area contributed by atoms with Crippen molar-refractivity contribution < 1.29 is 18.3 Å². The number of phenolic OH excluding ortho intramolecular Hbond substituents is 1. The normalized spacial score (nSPS) is 24.3. The summed E-state index contributed by atoms with van der Waals surface area (Å²) in [4.78, 5) is 0.291. The molecular weight excluding hydrogens is 264 g/mol. The molecule has 1 aromatic carbocycles. The Bertz CT molecular complexity index is 499. The number of phenols is 1. The van der Waals surface area contributed by atoms with Crippen LogP contribution in [-0.2, 0) is 14.6 Å². The number of sulfone groups is 1. The smallest absolute Gasteiger partial charge is 0.178 e. The van der Waals surface area contributed by atoms with Gasteiger partial charge in [0.05, 0.1) is 16.8 Å². The highest BCUT2D eigenvalue weighted by atomic mass is 32.2. The molecule has 0 radical (unpaired) electrons. The highest BCUT2D eigenvalue weighted by Gasteiger charge is 2.26. The Labute approximate surface area is 114 Å². The molecule has 1 aliphatic carbocycles. The molecule has 0 saturated heterocycles. The van der Waals surface area contributed by atoms with Gasteiger partial charge >= 0.3 is 0 Å². The summed E-state index contributed by atoms with van der Waals surface area (Å²) in [5.74, 6) is 0.485. The van der Waals surface area contributed by atoms with Crippen molar-refractivity contribution in [2.45, 2.75) is 36.7 Å². The van der Waals surface area contributed by atoms with Crippen LogP contribution in [0.5, 0.6) is 5.75 Å². The van der Waals surface area contributed by atoms with E-state index < -0.39 is 9.84 Å². The van der Waals surface area contributed by atoms with Crippen molar-refractivity contribution in [2.24, 2.45) is 5.92 Å². The third-order valence-electron chi connectivity index (χ3n) is 3.78. The van der Waals surface area contributed by atoms with Gasteiger partial charge in [-0.2, -0.15) is 0 Å². The molecule has 0 bridgehead atoms. The maximum absolute atomic E-state index is 12.2. The molecule has 1 aliphatic rings. The molecule has 1 N–H and O–H groups in total. The van der Waals surface area contributed by atoms with Crippen molar-refractivity contribution in [3.8, 4) is 5.75 Å². The van der Waals surface area contributed by atoms with E-state index in [4.69, 9.17) is 4.74 Å². The lowest BCUT2D eigenvalue weighted by molar-refractivity contribution is 0.0597. The van der Waals surface area contributed by atoms with E-state index in [2.05, 4.69) is 0 Å². The Morgan fingerprint density at radius 3 is 2.26 bits per heavy atom. The molecule has 5 heteroatoms. The minimum atomic E-state index is -3.25. The summed E-state index contributed by atoms with van der Waals surface area (Å²) in [7, 11) is -1.55. The first-order valence-corrected chi connectivity index (χ1v) is 8.21. The average Bonchev–Trinajstić information content (AvgIpc) is 2.40. The second kappa shape index (κ2) is 5.92. The van der Waals surface area contributed by atoms with E-state index in [1.54, 1.807) is 7.11 Å². The highest BCUT2D eigenvalue weighted by molar-refractivity contribution is 7.91. The fourth-order valence-corrected chi connectivity index (χ4v) is 4.29. The van der Waals surface area contributed by atoms with Crippen LogP contribution in [0, 0.1) is 5.92 Å². The molecule has 4 nitrogen and oxygen atoms in total. The van der Waals surface area contributed by atoms with E-state index in [1.165, 1.54) is 24.3 Å². The summed E-state index contributed by atoms with van der Waals surface area (Å²) in [5, 5.41) is 9.19. The molecule has 1 fully saturated rings. The number of hydrogen-bond acceptors (Lipinski definition) is 4. The van der Waals surface area contributed by atoms with Crippen LogP contribution < -0.4 is 0 Å². The molecule has 0 atom stereocenters. The lowest BCUT2D eigenvalue weighted by Gasteiger charge is -2.27. The fourth-order valence-electron chi connectivity index (χ4n) is 2.59. The lowest BCUT2D eigenvalue weighted by Crippen LogP contribution is -2.25. The Morgan fingerprint density at radius 1 is 1.16 bits per heavy atom. The molecule has 19 heavy (non-hydrogen) atoms. The van der Waals surface area contributed by atoms with E-state index in [1.807, 2.05) is 0 Å². The molecule has 0 aliphatic heterocycles. The zero-order chi connectivity index (χ0) is 13.9. The second-order valence-corrected chi connectivity index (χ2v) is 7.19. The van der Waals surface area contributed by atoms with E-state index in [-0.39, 0.29) is 23.5 Å². The lowest BCUT2D eigenvalue weighted by atomic mass is 9.89.